The van der Waals surface area contributed by atoms with E-state index in [1.54, 1.807) is 28.9 Å². The van der Waals surface area contributed by atoms with Gasteiger partial charge in [0.25, 0.3) is 5.91 Å². The predicted molar refractivity (Wildman–Crippen MR) is 89.7 cm³/mol. The van der Waals surface area contributed by atoms with Gasteiger partial charge >= 0.3 is 0 Å². The highest BCUT2D eigenvalue weighted by atomic mass is 32.1. The molecule has 0 atom stereocenters. The Morgan fingerprint density at radius 1 is 1.41 bits per heavy atom. The average molecular weight is 328 g/mol. The summed E-state index contributed by atoms with van der Waals surface area (Å²) in [4.78, 5) is 16.7. The van der Waals surface area contributed by atoms with Gasteiger partial charge in [0.05, 0.1) is 10.2 Å². The van der Waals surface area contributed by atoms with Gasteiger partial charge in [0.1, 0.15) is 0 Å². The number of rotatable bonds is 3. The number of aromatic nitrogens is 1. The van der Waals surface area contributed by atoms with Crippen molar-refractivity contribution in [3.63, 3.8) is 0 Å². The first-order valence-electron chi connectivity index (χ1n) is 6.55. The molecular formula is C16H12N2O2S2. The third-order valence-corrected chi connectivity index (χ3v) is 4.59. The standard InChI is InChI=1S/C16H12N2O2S2/c1-2-7-18-15(20)13(22-16(18)21)9-11-8-10-5-3-4-6-12(10)17-14(11)19/h2-6,8-9,20H,1,7H2. The van der Waals surface area contributed by atoms with E-state index in [1.807, 2.05) is 18.2 Å². The lowest BCUT2D eigenvalue weighted by Crippen LogP contribution is -2.29. The number of carbonyl (C=O) groups is 1. The molecule has 0 radical (unpaired) electrons. The second-order valence-electron chi connectivity index (χ2n) is 4.67. The van der Waals surface area contributed by atoms with Crippen molar-refractivity contribution in [2.24, 2.45) is 4.99 Å². The SMILES string of the molecule is C=CCn1c(O)c(C=C2C=c3ccccc3=NC2=O)sc1=S. The summed E-state index contributed by atoms with van der Waals surface area (Å²) in [6, 6.07) is 7.41. The molecule has 1 amide bonds. The fraction of sp³-hybridized carbons (Fsp3) is 0.0625. The molecule has 1 aliphatic rings. The van der Waals surface area contributed by atoms with E-state index in [1.165, 1.54) is 11.3 Å². The molecule has 3 rings (SSSR count). The van der Waals surface area contributed by atoms with Crippen LogP contribution >= 0.6 is 23.6 Å². The summed E-state index contributed by atoms with van der Waals surface area (Å²) in [5.41, 5.74) is 0.427. The number of thiazole rings is 1. The molecule has 110 valence electrons. The molecule has 0 saturated carbocycles. The minimum Gasteiger partial charge on any atom is -0.493 e. The molecule has 0 unspecified atom stereocenters. The van der Waals surface area contributed by atoms with Crippen molar-refractivity contribution in [2.45, 2.75) is 6.54 Å². The lowest BCUT2D eigenvalue weighted by Gasteiger charge is -2.03. The van der Waals surface area contributed by atoms with Crippen LogP contribution in [-0.4, -0.2) is 15.6 Å². The maximum Gasteiger partial charge on any atom is 0.277 e. The first kappa shape index (κ1) is 14.6. The molecule has 1 aromatic heterocycles. The molecule has 0 bridgehead atoms. The van der Waals surface area contributed by atoms with Gasteiger partial charge in [-0.15, -0.1) is 17.9 Å². The number of hydrogen-bond acceptors (Lipinski definition) is 4. The zero-order valence-corrected chi connectivity index (χ0v) is 13.2. The zero-order valence-electron chi connectivity index (χ0n) is 11.5. The highest BCUT2D eigenvalue weighted by molar-refractivity contribution is 7.73. The Bertz CT molecular complexity index is 980. The summed E-state index contributed by atoms with van der Waals surface area (Å²) in [6.45, 7) is 4.06. The molecule has 0 saturated heterocycles. The first-order valence-corrected chi connectivity index (χ1v) is 7.77. The molecule has 1 aliphatic heterocycles. The summed E-state index contributed by atoms with van der Waals surface area (Å²) in [6.07, 6.45) is 5.05. The van der Waals surface area contributed by atoms with E-state index in [4.69, 9.17) is 12.2 Å². The fourth-order valence-corrected chi connectivity index (χ4v) is 3.43. The normalized spacial score (nSPS) is 15.1. The van der Waals surface area contributed by atoms with E-state index in [9.17, 15) is 9.90 Å². The van der Waals surface area contributed by atoms with Crippen molar-refractivity contribution < 1.29 is 9.90 Å². The van der Waals surface area contributed by atoms with Crippen LogP contribution in [0.15, 0.2) is 47.5 Å². The predicted octanol–water partition coefficient (Wildman–Crippen LogP) is 2.19. The van der Waals surface area contributed by atoms with Crippen LogP contribution in [0.3, 0.4) is 0 Å². The number of fused-ring (bicyclic) bond motifs is 1. The van der Waals surface area contributed by atoms with E-state index in [0.29, 0.717) is 26.3 Å². The van der Waals surface area contributed by atoms with Crippen LogP contribution in [0.2, 0.25) is 0 Å². The van der Waals surface area contributed by atoms with Crippen LogP contribution in [0, 0.1) is 3.95 Å². The Kier molecular flexibility index (Phi) is 3.87. The van der Waals surface area contributed by atoms with E-state index < -0.39 is 0 Å². The van der Waals surface area contributed by atoms with Crippen LogP contribution in [0.1, 0.15) is 4.88 Å². The zero-order chi connectivity index (χ0) is 15.7. The van der Waals surface area contributed by atoms with Crippen LogP contribution in [0.4, 0.5) is 0 Å². The molecule has 1 aromatic carbocycles. The highest BCUT2D eigenvalue weighted by Gasteiger charge is 2.14. The Labute approximate surface area is 135 Å². The van der Waals surface area contributed by atoms with Crippen LogP contribution in [0.25, 0.3) is 12.2 Å². The third-order valence-electron chi connectivity index (χ3n) is 3.21. The van der Waals surface area contributed by atoms with Crippen molar-refractivity contribution in [1.82, 2.24) is 4.57 Å². The maximum atomic E-state index is 12.1. The number of nitrogens with zero attached hydrogens (tertiary/aromatic N) is 2. The highest BCUT2D eigenvalue weighted by Crippen LogP contribution is 2.29. The van der Waals surface area contributed by atoms with Crippen molar-refractivity contribution in [3.05, 3.63) is 61.9 Å². The van der Waals surface area contributed by atoms with Gasteiger partial charge in [-0.05, 0) is 30.4 Å². The summed E-state index contributed by atoms with van der Waals surface area (Å²) < 4.78 is 2.10. The summed E-state index contributed by atoms with van der Waals surface area (Å²) in [5.74, 6) is -0.282. The Hall–Kier alpha value is -2.31. The van der Waals surface area contributed by atoms with E-state index in [0.717, 1.165) is 5.22 Å². The van der Waals surface area contributed by atoms with Gasteiger partial charge in [-0.1, -0.05) is 24.3 Å². The smallest absolute Gasteiger partial charge is 0.277 e. The molecule has 2 heterocycles. The van der Waals surface area contributed by atoms with Gasteiger partial charge in [0.15, 0.2) is 3.95 Å². The molecule has 22 heavy (non-hydrogen) atoms. The quantitative estimate of drug-likeness (QED) is 0.534. The Morgan fingerprint density at radius 2 is 2.18 bits per heavy atom. The maximum absolute atomic E-state index is 12.1. The number of carbonyl (C=O) groups excluding carboxylic acids is 1. The molecular weight excluding hydrogens is 316 g/mol. The second kappa shape index (κ2) is 5.82. The van der Waals surface area contributed by atoms with Gasteiger partial charge in [-0.2, -0.15) is 0 Å². The van der Waals surface area contributed by atoms with Gasteiger partial charge in [-0.25, -0.2) is 4.99 Å². The lowest BCUT2D eigenvalue weighted by molar-refractivity contribution is -0.114. The first-order chi connectivity index (χ1) is 10.6. The minimum atomic E-state index is -0.326. The van der Waals surface area contributed by atoms with Gasteiger partial charge in [0.2, 0.25) is 5.88 Å². The molecule has 6 heteroatoms. The number of benzene rings is 1. The number of para-hydroxylation sites is 1. The summed E-state index contributed by atoms with van der Waals surface area (Å²) in [7, 11) is 0. The van der Waals surface area contributed by atoms with Crippen molar-refractivity contribution in [1.29, 1.82) is 0 Å². The topological polar surface area (TPSA) is 54.6 Å². The van der Waals surface area contributed by atoms with E-state index >= 15 is 0 Å². The summed E-state index contributed by atoms with van der Waals surface area (Å²) in [5, 5.41) is 11.7. The van der Waals surface area contributed by atoms with Crippen LogP contribution in [-0.2, 0) is 11.3 Å². The number of allylic oxidation sites excluding steroid dienone is 1. The van der Waals surface area contributed by atoms with Crippen molar-refractivity contribution >= 4 is 41.6 Å². The van der Waals surface area contributed by atoms with Gasteiger partial charge in [-0.3, -0.25) is 9.36 Å². The molecule has 0 fully saturated rings. The monoisotopic (exact) mass is 328 g/mol. The minimum absolute atomic E-state index is 0.0439. The van der Waals surface area contributed by atoms with Crippen LogP contribution < -0.4 is 10.6 Å². The largest absolute Gasteiger partial charge is 0.493 e. The third kappa shape index (κ3) is 2.58. The van der Waals surface area contributed by atoms with Gasteiger partial charge in [0, 0.05) is 17.3 Å². The lowest BCUT2D eigenvalue weighted by atomic mass is 10.1. The molecule has 1 N–H and O–H groups in total. The van der Waals surface area contributed by atoms with Gasteiger partial charge < -0.3 is 5.11 Å². The molecule has 4 nitrogen and oxygen atoms in total. The van der Waals surface area contributed by atoms with Crippen molar-refractivity contribution in [2.75, 3.05) is 0 Å². The second-order valence-corrected chi connectivity index (χ2v) is 6.35. The Balaban J connectivity index is 2.13. The summed E-state index contributed by atoms with van der Waals surface area (Å²) >= 11 is 6.46. The average Bonchev–Trinajstić information content (AvgIpc) is 2.76. The molecule has 2 aromatic rings. The fourth-order valence-electron chi connectivity index (χ4n) is 2.16. The number of aromatic hydroxyl groups is 1. The molecule has 0 spiro atoms. The van der Waals surface area contributed by atoms with Crippen molar-refractivity contribution in [3.8, 4) is 5.88 Å². The number of hydrogen-bond donors (Lipinski definition) is 1. The Morgan fingerprint density at radius 3 is 2.95 bits per heavy atom. The van der Waals surface area contributed by atoms with E-state index in [-0.39, 0.29) is 11.8 Å². The number of amides is 1. The van der Waals surface area contributed by atoms with Crippen LogP contribution in [0.5, 0.6) is 5.88 Å². The molecule has 0 aliphatic carbocycles. The van der Waals surface area contributed by atoms with E-state index in [2.05, 4.69) is 11.6 Å².